The molecule has 1 rings (SSSR count). The number of aliphatic carboxylic acids is 1. The second-order valence-corrected chi connectivity index (χ2v) is 6.97. The van der Waals surface area contributed by atoms with Gasteiger partial charge in [-0.1, -0.05) is 0 Å². The van der Waals surface area contributed by atoms with Crippen molar-refractivity contribution in [3.05, 3.63) is 0 Å². The molecule has 108 valence electrons. The highest BCUT2D eigenvalue weighted by Crippen LogP contribution is 2.41. The summed E-state index contributed by atoms with van der Waals surface area (Å²) in [7, 11) is 0. The van der Waals surface area contributed by atoms with E-state index in [4.69, 9.17) is 4.74 Å². The Morgan fingerprint density at radius 1 is 1.37 bits per heavy atom. The van der Waals surface area contributed by atoms with E-state index in [9.17, 15) is 19.5 Å². The van der Waals surface area contributed by atoms with E-state index >= 15 is 0 Å². The van der Waals surface area contributed by atoms with Crippen LogP contribution in [0.1, 0.15) is 34.6 Å². The molecule has 0 aromatic heterocycles. The number of amides is 1. The van der Waals surface area contributed by atoms with Crippen LogP contribution in [0.4, 0.5) is 4.79 Å². The summed E-state index contributed by atoms with van der Waals surface area (Å²) >= 11 is 1.15. The van der Waals surface area contributed by atoms with E-state index in [0.29, 0.717) is 0 Å². The molecule has 1 heterocycles. The standard InChI is InChI=1S/C12H19NO5S/c1-7(14)12(5)13(8(6-19-12)9(15)16)10(17)18-11(2,3)4/h8H,6H2,1-5H3,(H,15,16). The Kier molecular flexibility index (Phi) is 4.19. The second kappa shape index (κ2) is 5.03. The largest absolute Gasteiger partial charge is 0.480 e. The summed E-state index contributed by atoms with van der Waals surface area (Å²) in [4.78, 5) is 35.0. The van der Waals surface area contributed by atoms with Gasteiger partial charge in [-0.3, -0.25) is 9.69 Å². The molecular formula is C12H19NO5S. The van der Waals surface area contributed by atoms with Crippen LogP contribution in [0.3, 0.4) is 0 Å². The smallest absolute Gasteiger partial charge is 0.412 e. The molecule has 0 aliphatic carbocycles. The molecule has 0 spiro atoms. The second-order valence-electron chi connectivity index (χ2n) is 5.55. The van der Waals surface area contributed by atoms with Gasteiger partial charge < -0.3 is 9.84 Å². The van der Waals surface area contributed by atoms with Gasteiger partial charge in [0.1, 0.15) is 16.5 Å². The number of hydrogen-bond donors (Lipinski definition) is 1. The number of carbonyl (C=O) groups excluding carboxylic acids is 2. The van der Waals surface area contributed by atoms with Crippen LogP contribution in [-0.4, -0.2) is 50.1 Å². The molecule has 6 nitrogen and oxygen atoms in total. The van der Waals surface area contributed by atoms with E-state index in [1.807, 2.05) is 0 Å². The predicted octanol–water partition coefficient (Wildman–Crippen LogP) is 1.73. The van der Waals surface area contributed by atoms with Crippen molar-refractivity contribution in [1.82, 2.24) is 4.90 Å². The highest BCUT2D eigenvalue weighted by molar-refractivity contribution is 8.01. The molecule has 1 aliphatic heterocycles. The van der Waals surface area contributed by atoms with Gasteiger partial charge in [-0.05, 0) is 34.6 Å². The molecule has 19 heavy (non-hydrogen) atoms. The highest BCUT2D eigenvalue weighted by atomic mass is 32.2. The number of nitrogens with zero attached hydrogens (tertiary/aromatic N) is 1. The molecule has 2 atom stereocenters. The Bertz CT molecular complexity index is 417. The topological polar surface area (TPSA) is 83.9 Å². The first-order valence-electron chi connectivity index (χ1n) is 5.89. The zero-order chi connectivity index (χ0) is 15.0. The van der Waals surface area contributed by atoms with E-state index in [0.717, 1.165) is 16.7 Å². The first kappa shape index (κ1) is 15.8. The molecule has 1 saturated heterocycles. The quantitative estimate of drug-likeness (QED) is 0.833. The molecule has 1 N–H and O–H groups in total. The average Bonchev–Trinajstić information content (AvgIpc) is 2.54. The van der Waals surface area contributed by atoms with Crippen LogP contribution >= 0.6 is 11.8 Å². The number of ketones is 1. The third-order valence-corrected chi connectivity index (χ3v) is 4.35. The third kappa shape index (κ3) is 3.20. The summed E-state index contributed by atoms with van der Waals surface area (Å²) in [5, 5.41) is 9.17. The molecule has 0 saturated carbocycles. The lowest BCUT2D eigenvalue weighted by atomic mass is 10.1. The number of carboxylic acids is 1. The number of carboxylic acid groups (broad SMARTS) is 1. The lowest BCUT2D eigenvalue weighted by Crippen LogP contribution is -2.55. The zero-order valence-electron chi connectivity index (χ0n) is 11.7. The summed E-state index contributed by atoms with van der Waals surface area (Å²) in [5.74, 6) is -1.24. The third-order valence-electron chi connectivity index (χ3n) is 2.82. The van der Waals surface area contributed by atoms with Crippen LogP contribution < -0.4 is 0 Å². The SMILES string of the molecule is CC(=O)C1(C)SCC(C(=O)O)N1C(=O)OC(C)(C)C. The predicted molar refractivity (Wildman–Crippen MR) is 71.0 cm³/mol. The fourth-order valence-electron chi connectivity index (χ4n) is 1.75. The van der Waals surface area contributed by atoms with Crippen LogP contribution in [0.15, 0.2) is 0 Å². The minimum absolute atomic E-state index is 0.171. The van der Waals surface area contributed by atoms with Crippen molar-refractivity contribution in [2.24, 2.45) is 0 Å². The van der Waals surface area contributed by atoms with Gasteiger partial charge in [0.05, 0.1) is 0 Å². The molecule has 1 fully saturated rings. The number of rotatable bonds is 2. The minimum Gasteiger partial charge on any atom is -0.480 e. The van der Waals surface area contributed by atoms with Gasteiger partial charge in [0.25, 0.3) is 0 Å². The molecule has 0 bridgehead atoms. The van der Waals surface area contributed by atoms with Crippen LogP contribution in [0.2, 0.25) is 0 Å². The van der Waals surface area contributed by atoms with Gasteiger partial charge in [0, 0.05) is 5.75 Å². The molecule has 0 radical (unpaired) electrons. The van der Waals surface area contributed by atoms with Crippen LogP contribution in [0.5, 0.6) is 0 Å². The Hall–Kier alpha value is -1.24. The van der Waals surface area contributed by atoms with Gasteiger partial charge >= 0.3 is 12.1 Å². The van der Waals surface area contributed by atoms with Crippen LogP contribution in [0, 0.1) is 0 Å². The van der Waals surface area contributed by atoms with Crippen LogP contribution in [0.25, 0.3) is 0 Å². The maximum Gasteiger partial charge on any atom is 0.412 e. The van der Waals surface area contributed by atoms with E-state index < -0.39 is 28.6 Å². The van der Waals surface area contributed by atoms with E-state index in [1.165, 1.54) is 6.92 Å². The highest BCUT2D eigenvalue weighted by Gasteiger charge is 2.53. The number of carbonyl (C=O) groups is 3. The number of ether oxygens (including phenoxy) is 1. The first-order chi connectivity index (χ1) is 8.49. The maximum absolute atomic E-state index is 12.2. The van der Waals surface area contributed by atoms with Crippen molar-refractivity contribution in [2.75, 3.05) is 5.75 Å². The fourth-order valence-corrected chi connectivity index (χ4v) is 3.07. The monoisotopic (exact) mass is 289 g/mol. The van der Waals surface area contributed by atoms with E-state index in [2.05, 4.69) is 0 Å². The summed E-state index contributed by atoms with van der Waals surface area (Å²) in [6.45, 7) is 7.96. The van der Waals surface area contributed by atoms with Crippen molar-refractivity contribution >= 4 is 29.6 Å². The first-order valence-corrected chi connectivity index (χ1v) is 6.87. The van der Waals surface area contributed by atoms with Crippen molar-refractivity contribution in [2.45, 2.75) is 51.1 Å². The van der Waals surface area contributed by atoms with Gasteiger partial charge in [0.15, 0.2) is 5.78 Å². The average molecular weight is 289 g/mol. The molecule has 7 heteroatoms. The molecular weight excluding hydrogens is 270 g/mol. The summed E-state index contributed by atoms with van der Waals surface area (Å²) in [6, 6.07) is -1.05. The summed E-state index contributed by atoms with van der Waals surface area (Å²) in [5.41, 5.74) is -0.745. The van der Waals surface area contributed by atoms with Gasteiger partial charge in [0.2, 0.25) is 0 Å². The lowest BCUT2D eigenvalue weighted by Gasteiger charge is -2.35. The molecule has 2 unspecified atom stereocenters. The molecule has 0 aromatic carbocycles. The van der Waals surface area contributed by atoms with Gasteiger partial charge in [-0.2, -0.15) is 0 Å². The Morgan fingerprint density at radius 3 is 2.26 bits per heavy atom. The summed E-state index contributed by atoms with van der Waals surface area (Å²) < 4.78 is 5.21. The number of hydrogen-bond acceptors (Lipinski definition) is 5. The van der Waals surface area contributed by atoms with E-state index in [1.54, 1.807) is 27.7 Å². The Labute approximate surface area is 116 Å². The van der Waals surface area contributed by atoms with Gasteiger partial charge in [-0.25, -0.2) is 9.59 Å². The van der Waals surface area contributed by atoms with Crippen molar-refractivity contribution in [3.63, 3.8) is 0 Å². The summed E-state index contributed by atoms with van der Waals surface area (Å²) in [6.07, 6.45) is -0.775. The van der Waals surface area contributed by atoms with E-state index in [-0.39, 0.29) is 11.5 Å². The minimum atomic E-state index is -1.19. The Morgan fingerprint density at radius 2 is 1.89 bits per heavy atom. The van der Waals surface area contributed by atoms with Gasteiger partial charge in [-0.15, -0.1) is 11.8 Å². The number of Topliss-reactive ketones (excluding diaryl/α,β-unsaturated/α-hetero) is 1. The lowest BCUT2D eigenvalue weighted by molar-refractivity contribution is -0.143. The number of thioether (sulfide) groups is 1. The molecule has 1 amide bonds. The maximum atomic E-state index is 12.2. The molecule has 0 aromatic rings. The Balaban J connectivity index is 3.10. The fraction of sp³-hybridized carbons (Fsp3) is 0.750. The molecule has 1 aliphatic rings. The normalized spacial score (nSPS) is 27.2. The van der Waals surface area contributed by atoms with Crippen molar-refractivity contribution in [1.29, 1.82) is 0 Å². The van der Waals surface area contributed by atoms with Crippen LogP contribution in [-0.2, 0) is 14.3 Å². The van der Waals surface area contributed by atoms with Crippen molar-refractivity contribution in [3.8, 4) is 0 Å². The zero-order valence-corrected chi connectivity index (χ0v) is 12.5. The van der Waals surface area contributed by atoms with Crippen molar-refractivity contribution < 1.29 is 24.2 Å².